The molecular formula is C15H26N4O2. The van der Waals surface area contributed by atoms with E-state index in [1.165, 1.54) is 11.3 Å². The molecule has 2 rings (SSSR count). The SMILES string of the molecule is CC/C(CNC1CCC(=O)NC1=O)=C(/C)N1CC[C@@H](N)C1. The third-order valence-electron chi connectivity index (χ3n) is 4.44. The van der Waals surface area contributed by atoms with Crippen molar-refractivity contribution in [2.24, 2.45) is 5.73 Å². The molecule has 1 unspecified atom stereocenters. The molecule has 0 radical (unpaired) electrons. The second-order valence-corrected chi connectivity index (χ2v) is 5.92. The number of hydrogen-bond acceptors (Lipinski definition) is 5. The van der Waals surface area contributed by atoms with Crippen molar-refractivity contribution in [2.75, 3.05) is 19.6 Å². The van der Waals surface area contributed by atoms with Crippen LogP contribution in [0.2, 0.25) is 0 Å². The summed E-state index contributed by atoms with van der Waals surface area (Å²) >= 11 is 0. The first-order valence-corrected chi connectivity index (χ1v) is 7.77. The quantitative estimate of drug-likeness (QED) is 0.626. The van der Waals surface area contributed by atoms with Crippen molar-refractivity contribution in [3.63, 3.8) is 0 Å². The number of nitrogens with zero attached hydrogens (tertiary/aromatic N) is 1. The molecule has 21 heavy (non-hydrogen) atoms. The Hall–Kier alpha value is -1.40. The molecule has 0 aliphatic carbocycles. The number of hydrogen-bond donors (Lipinski definition) is 3. The number of carbonyl (C=O) groups is 2. The van der Waals surface area contributed by atoms with Crippen molar-refractivity contribution in [1.82, 2.24) is 15.5 Å². The molecular weight excluding hydrogens is 268 g/mol. The number of likely N-dealkylation sites (tertiary alicyclic amines) is 1. The van der Waals surface area contributed by atoms with Crippen LogP contribution in [-0.2, 0) is 9.59 Å². The predicted molar refractivity (Wildman–Crippen MR) is 81.3 cm³/mol. The first-order chi connectivity index (χ1) is 10.0. The van der Waals surface area contributed by atoms with Gasteiger partial charge in [0.25, 0.3) is 0 Å². The molecule has 0 saturated carbocycles. The van der Waals surface area contributed by atoms with Crippen LogP contribution >= 0.6 is 0 Å². The summed E-state index contributed by atoms with van der Waals surface area (Å²) in [6, 6.07) is -0.000894. The van der Waals surface area contributed by atoms with Gasteiger partial charge < -0.3 is 16.0 Å². The first kappa shape index (κ1) is 16.0. The van der Waals surface area contributed by atoms with E-state index in [1.807, 2.05) is 0 Å². The van der Waals surface area contributed by atoms with Gasteiger partial charge in [-0.05, 0) is 31.8 Å². The Morgan fingerprint density at radius 1 is 1.43 bits per heavy atom. The van der Waals surface area contributed by atoms with Crippen molar-refractivity contribution in [1.29, 1.82) is 0 Å². The Morgan fingerprint density at radius 3 is 2.76 bits per heavy atom. The molecule has 2 heterocycles. The Labute approximate surface area is 126 Å². The second kappa shape index (κ2) is 7.04. The summed E-state index contributed by atoms with van der Waals surface area (Å²) in [6.45, 7) is 6.85. The number of amides is 2. The predicted octanol–water partition coefficient (Wildman–Crippen LogP) is 0.0982. The minimum atomic E-state index is -0.266. The van der Waals surface area contributed by atoms with Gasteiger partial charge in [0, 0.05) is 37.8 Å². The standard InChI is InChI=1S/C15H26N4O2/c1-3-11(10(2)19-7-6-12(16)9-19)8-17-13-4-5-14(20)18-15(13)21/h12-13,17H,3-9,16H2,1-2H3,(H,18,20,21)/b11-10+/t12-,13?/m1/s1. The van der Waals surface area contributed by atoms with Crippen molar-refractivity contribution in [3.05, 3.63) is 11.3 Å². The number of nitrogens with two attached hydrogens (primary N) is 1. The lowest BCUT2D eigenvalue weighted by Crippen LogP contribution is -2.51. The van der Waals surface area contributed by atoms with Crippen LogP contribution in [0.1, 0.15) is 39.5 Å². The molecule has 2 aliphatic rings. The van der Waals surface area contributed by atoms with E-state index in [9.17, 15) is 9.59 Å². The highest BCUT2D eigenvalue weighted by atomic mass is 16.2. The van der Waals surface area contributed by atoms with E-state index in [0.29, 0.717) is 19.4 Å². The van der Waals surface area contributed by atoms with Gasteiger partial charge in [-0.2, -0.15) is 0 Å². The average molecular weight is 294 g/mol. The molecule has 118 valence electrons. The molecule has 2 amide bonds. The molecule has 0 spiro atoms. The van der Waals surface area contributed by atoms with Gasteiger partial charge in [-0.3, -0.25) is 14.9 Å². The maximum atomic E-state index is 11.7. The van der Waals surface area contributed by atoms with Crippen molar-refractivity contribution >= 4 is 11.8 Å². The topological polar surface area (TPSA) is 87.5 Å². The zero-order chi connectivity index (χ0) is 15.4. The minimum absolute atomic E-state index is 0.174. The van der Waals surface area contributed by atoms with Crippen LogP contribution in [-0.4, -0.2) is 48.4 Å². The summed E-state index contributed by atoms with van der Waals surface area (Å²) in [4.78, 5) is 25.2. The van der Waals surface area contributed by atoms with Gasteiger partial charge in [0.15, 0.2) is 0 Å². The highest BCUT2D eigenvalue weighted by molar-refractivity contribution is 6.00. The Morgan fingerprint density at radius 2 is 2.19 bits per heavy atom. The molecule has 4 N–H and O–H groups in total. The fourth-order valence-electron chi connectivity index (χ4n) is 2.96. The third-order valence-corrected chi connectivity index (χ3v) is 4.44. The molecule has 0 aromatic rings. The zero-order valence-electron chi connectivity index (χ0n) is 12.9. The van der Waals surface area contributed by atoms with Crippen LogP contribution in [0, 0.1) is 0 Å². The van der Waals surface area contributed by atoms with Crippen LogP contribution in [0.25, 0.3) is 0 Å². The van der Waals surface area contributed by atoms with E-state index in [0.717, 1.165) is 25.9 Å². The highest BCUT2D eigenvalue weighted by Crippen LogP contribution is 2.18. The summed E-state index contributed by atoms with van der Waals surface area (Å²) in [5, 5.41) is 5.66. The molecule has 2 aliphatic heterocycles. The van der Waals surface area contributed by atoms with Gasteiger partial charge in [-0.15, -0.1) is 0 Å². The van der Waals surface area contributed by atoms with Gasteiger partial charge in [0.2, 0.25) is 11.8 Å². The van der Waals surface area contributed by atoms with Gasteiger partial charge in [-0.25, -0.2) is 0 Å². The maximum Gasteiger partial charge on any atom is 0.243 e. The highest BCUT2D eigenvalue weighted by Gasteiger charge is 2.26. The van der Waals surface area contributed by atoms with E-state index < -0.39 is 0 Å². The molecule has 0 aromatic heterocycles. The number of piperidine rings is 1. The van der Waals surface area contributed by atoms with Gasteiger partial charge in [-0.1, -0.05) is 6.92 Å². The van der Waals surface area contributed by atoms with E-state index in [4.69, 9.17) is 5.73 Å². The molecule has 2 fully saturated rings. The Kier molecular flexibility index (Phi) is 5.36. The molecule has 6 nitrogen and oxygen atoms in total. The second-order valence-electron chi connectivity index (χ2n) is 5.92. The lowest BCUT2D eigenvalue weighted by molar-refractivity contribution is -0.134. The van der Waals surface area contributed by atoms with Crippen molar-refractivity contribution in [3.8, 4) is 0 Å². The first-order valence-electron chi connectivity index (χ1n) is 7.77. The number of nitrogens with one attached hydrogen (secondary N) is 2. The Balaban J connectivity index is 1.92. The fraction of sp³-hybridized carbons (Fsp3) is 0.733. The smallest absolute Gasteiger partial charge is 0.243 e. The number of allylic oxidation sites excluding steroid dienone is 1. The monoisotopic (exact) mass is 294 g/mol. The maximum absolute atomic E-state index is 11.7. The number of imide groups is 1. The minimum Gasteiger partial charge on any atom is -0.373 e. The normalized spacial score (nSPS) is 27.7. The van der Waals surface area contributed by atoms with Gasteiger partial charge in [0.1, 0.15) is 0 Å². The summed E-state index contributed by atoms with van der Waals surface area (Å²) in [5.41, 5.74) is 8.53. The van der Waals surface area contributed by atoms with Crippen molar-refractivity contribution in [2.45, 2.75) is 51.6 Å². The number of rotatable bonds is 5. The Bertz CT molecular complexity index is 447. The summed E-state index contributed by atoms with van der Waals surface area (Å²) < 4.78 is 0. The van der Waals surface area contributed by atoms with Crippen molar-refractivity contribution < 1.29 is 9.59 Å². The third kappa shape index (κ3) is 4.04. The molecule has 2 saturated heterocycles. The lowest BCUT2D eigenvalue weighted by atomic mass is 10.0. The largest absolute Gasteiger partial charge is 0.373 e. The summed E-state index contributed by atoms with van der Waals surface area (Å²) in [7, 11) is 0. The van der Waals surface area contributed by atoms with E-state index in [-0.39, 0.29) is 23.9 Å². The van der Waals surface area contributed by atoms with Gasteiger partial charge >= 0.3 is 0 Å². The van der Waals surface area contributed by atoms with E-state index in [2.05, 4.69) is 29.4 Å². The average Bonchev–Trinajstić information content (AvgIpc) is 2.88. The van der Waals surface area contributed by atoms with Crippen LogP contribution in [0.15, 0.2) is 11.3 Å². The zero-order valence-corrected chi connectivity index (χ0v) is 12.9. The van der Waals surface area contributed by atoms with E-state index >= 15 is 0 Å². The molecule has 6 heteroatoms. The number of carbonyl (C=O) groups excluding carboxylic acids is 2. The van der Waals surface area contributed by atoms with E-state index in [1.54, 1.807) is 0 Å². The van der Waals surface area contributed by atoms with Gasteiger partial charge in [0.05, 0.1) is 6.04 Å². The van der Waals surface area contributed by atoms with Crippen LogP contribution < -0.4 is 16.4 Å². The summed E-state index contributed by atoms with van der Waals surface area (Å²) in [5.74, 6) is -0.380. The fourth-order valence-corrected chi connectivity index (χ4v) is 2.96. The van der Waals surface area contributed by atoms with Crippen LogP contribution in [0.5, 0.6) is 0 Å². The lowest BCUT2D eigenvalue weighted by Gasteiger charge is -2.26. The van der Waals surface area contributed by atoms with Crippen LogP contribution in [0.4, 0.5) is 0 Å². The van der Waals surface area contributed by atoms with Crippen LogP contribution in [0.3, 0.4) is 0 Å². The molecule has 0 bridgehead atoms. The molecule has 2 atom stereocenters. The molecule has 0 aromatic carbocycles. The summed E-state index contributed by atoms with van der Waals surface area (Å²) in [6.07, 6.45) is 2.97.